The van der Waals surface area contributed by atoms with E-state index < -0.39 is 20.1 Å². The lowest BCUT2D eigenvalue weighted by atomic mass is 10.0. The second-order valence-electron chi connectivity index (χ2n) is 4.21. The Balaban J connectivity index is 3.17. The average molecular weight is 277 g/mol. The Morgan fingerprint density at radius 1 is 1.47 bits per heavy atom. The van der Waals surface area contributed by atoms with E-state index in [9.17, 15) is 13.5 Å². The first-order valence-electron chi connectivity index (χ1n) is 5.38. The Morgan fingerprint density at radius 2 is 2.06 bits per heavy atom. The maximum absolute atomic E-state index is 11.8. The highest BCUT2D eigenvalue weighted by Gasteiger charge is 2.43. The summed E-state index contributed by atoms with van der Waals surface area (Å²) in [5.74, 6) is -0.101. The molecule has 0 spiro atoms. The number of sulfone groups is 1. The second-order valence-corrected chi connectivity index (χ2v) is 7.87. The van der Waals surface area contributed by atoms with Crippen LogP contribution in [0.2, 0.25) is 0 Å². The van der Waals surface area contributed by atoms with Crippen molar-refractivity contribution in [1.29, 1.82) is 0 Å². The zero-order valence-electron chi connectivity index (χ0n) is 10.1. The largest absolute Gasteiger partial charge is 0.385 e. The molecule has 1 rings (SSSR count). The first-order valence-corrected chi connectivity index (χ1v) is 7.41. The molecule has 0 fully saturated rings. The lowest BCUT2D eigenvalue weighted by Gasteiger charge is -2.27. The number of rotatable bonds is 4. The van der Waals surface area contributed by atoms with Crippen LogP contribution in [0.4, 0.5) is 0 Å². The Hall–Kier alpha value is -0.580. The standard InChI is InChI=1S/C12H17ClO3S/c1-4-17(15,16)12(3,13)11(14)10-7-5-6-9(2)8-10/h5-8,11,14H,4H2,1-3H3. The monoisotopic (exact) mass is 276 g/mol. The third-order valence-corrected chi connectivity index (χ3v) is 5.95. The topological polar surface area (TPSA) is 54.4 Å². The van der Waals surface area contributed by atoms with Crippen LogP contribution in [-0.4, -0.2) is 23.5 Å². The van der Waals surface area contributed by atoms with Crippen molar-refractivity contribution >= 4 is 21.4 Å². The van der Waals surface area contributed by atoms with Crippen LogP contribution in [-0.2, 0) is 9.84 Å². The van der Waals surface area contributed by atoms with E-state index in [1.807, 2.05) is 13.0 Å². The SMILES string of the molecule is CCS(=O)(=O)C(C)(Cl)C(O)c1cccc(C)c1. The van der Waals surface area contributed by atoms with E-state index in [-0.39, 0.29) is 5.75 Å². The van der Waals surface area contributed by atoms with Gasteiger partial charge in [0.15, 0.2) is 14.0 Å². The third kappa shape index (κ3) is 2.81. The minimum atomic E-state index is -3.54. The van der Waals surface area contributed by atoms with Gasteiger partial charge in [0.25, 0.3) is 0 Å². The minimum Gasteiger partial charge on any atom is -0.385 e. The maximum Gasteiger partial charge on any atom is 0.172 e. The summed E-state index contributed by atoms with van der Waals surface area (Å²) in [7, 11) is -3.54. The quantitative estimate of drug-likeness (QED) is 0.860. The van der Waals surface area contributed by atoms with Crippen LogP contribution in [0.3, 0.4) is 0 Å². The Kier molecular flexibility index (Phi) is 4.23. The molecule has 17 heavy (non-hydrogen) atoms. The van der Waals surface area contributed by atoms with Gasteiger partial charge in [-0.25, -0.2) is 8.42 Å². The van der Waals surface area contributed by atoms with Crippen molar-refractivity contribution in [3.63, 3.8) is 0 Å². The summed E-state index contributed by atoms with van der Waals surface area (Å²) in [6.07, 6.45) is -1.24. The van der Waals surface area contributed by atoms with Crippen LogP contribution in [0.1, 0.15) is 31.1 Å². The molecule has 2 atom stereocenters. The number of aliphatic hydroxyl groups is 1. The molecule has 3 nitrogen and oxygen atoms in total. The molecule has 0 saturated carbocycles. The number of aryl methyl sites for hydroxylation is 1. The van der Waals surface area contributed by atoms with Crippen molar-refractivity contribution in [3.05, 3.63) is 35.4 Å². The van der Waals surface area contributed by atoms with Crippen molar-refractivity contribution < 1.29 is 13.5 Å². The van der Waals surface area contributed by atoms with Crippen LogP contribution in [0.5, 0.6) is 0 Å². The number of hydrogen-bond acceptors (Lipinski definition) is 3. The molecule has 0 radical (unpaired) electrons. The number of aliphatic hydroxyl groups excluding tert-OH is 1. The number of alkyl halides is 1. The fourth-order valence-electron chi connectivity index (χ4n) is 1.59. The van der Waals surface area contributed by atoms with E-state index in [2.05, 4.69) is 0 Å². The van der Waals surface area contributed by atoms with Gasteiger partial charge < -0.3 is 5.11 Å². The van der Waals surface area contributed by atoms with Crippen LogP contribution < -0.4 is 0 Å². The molecule has 0 aliphatic rings. The lowest BCUT2D eigenvalue weighted by Crippen LogP contribution is -2.37. The summed E-state index contributed by atoms with van der Waals surface area (Å²) in [4.78, 5) is 0. The van der Waals surface area contributed by atoms with Gasteiger partial charge in [-0.05, 0) is 19.4 Å². The van der Waals surface area contributed by atoms with Crippen LogP contribution in [0.15, 0.2) is 24.3 Å². The fourth-order valence-corrected chi connectivity index (χ4v) is 3.08. The summed E-state index contributed by atoms with van der Waals surface area (Å²) >= 11 is 6.03. The van der Waals surface area contributed by atoms with Crippen LogP contribution >= 0.6 is 11.6 Å². The molecule has 1 aromatic rings. The van der Waals surface area contributed by atoms with Gasteiger partial charge in [0.2, 0.25) is 0 Å². The van der Waals surface area contributed by atoms with Crippen LogP contribution in [0.25, 0.3) is 0 Å². The average Bonchev–Trinajstić information content (AvgIpc) is 2.27. The molecular formula is C12H17ClO3S. The van der Waals surface area contributed by atoms with Gasteiger partial charge in [-0.3, -0.25) is 0 Å². The van der Waals surface area contributed by atoms with E-state index in [1.165, 1.54) is 13.8 Å². The molecule has 2 unspecified atom stereocenters. The van der Waals surface area contributed by atoms with Gasteiger partial charge in [-0.1, -0.05) is 48.4 Å². The van der Waals surface area contributed by atoms with Crippen molar-refractivity contribution in [2.45, 2.75) is 31.1 Å². The van der Waals surface area contributed by atoms with Crippen molar-refractivity contribution in [1.82, 2.24) is 0 Å². The summed E-state index contributed by atoms with van der Waals surface area (Å²) in [6, 6.07) is 7.04. The molecule has 0 amide bonds. The molecule has 0 saturated heterocycles. The summed E-state index contributed by atoms with van der Waals surface area (Å²) < 4.78 is 22.0. The maximum atomic E-state index is 11.8. The Labute approximate surface area is 107 Å². The second kappa shape index (κ2) is 4.96. The molecule has 5 heteroatoms. The zero-order chi connectivity index (χ0) is 13.3. The van der Waals surface area contributed by atoms with Gasteiger partial charge in [-0.15, -0.1) is 0 Å². The van der Waals surface area contributed by atoms with Crippen LogP contribution in [0, 0.1) is 6.92 Å². The lowest BCUT2D eigenvalue weighted by molar-refractivity contribution is 0.162. The molecule has 0 bridgehead atoms. The number of hydrogen-bond donors (Lipinski definition) is 1. The van der Waals surface area contributed by atoms with Gasteiger partial charge in [0.05, 0.1) is 0 Å². The zero-order valence-corrected chi connectivity index (χ0v) is 11.7. The molecule has 1 aromatic carbocycles. The summed E-state index contributed by atoms with van der Waals surface area (Å²) in [5.41, 5.74) is 1.46. The van der Waals surface area contributed by atoms with Gasteiger partial charge >= 0.3 is 0 Å². The highest BCUT2D eigenvalue weighted by Crippen LogP contribution is 2.37. The van der Waals surface area contributed by atoms with Gasteiger partial charge in [-0.2, -0.15) is 0 Å². The van der Waals surface area contributed by atoms with Gasteiger partial charge in [0.1, 0.15) is 6.10 Å². The third-order valence-electron chi connectivity index (χ3n) is 2.83. The van der Waals surface area contributed by atoms with Gasteiger partial charge in [0, 0.05) is 5.75 Å². The summed E-state index contributed by atoms with van der Waals surface area (Å²) in [5, 5.41) is 10.1. The molecule has 0 aliphatic carbocycles. The Bertz CT molecular complexity index is 494. The highest BCUT2D eigenvalue weighted by molar-refractivity contribution is 7.94. The van der Waals surface area contributed by atoms with Crippen molar-refractivity contribution in [2.24, 2.45) is 0 Å². The fraction of sp³-hybridized carbons (Fsp3) is 0.500. The van der Waals surface area contributed by atoms with Crippen molar-refractivity contribution in [3.8, 4) is 0 Å². The predicted molar refractivity (Wildman–Crippen MR) is 69.9 cm³/mol. The normalized spacial score (nSPS) is 17.5. The van der Waals surface area contributed by atoms with E-state index in [1.54, 1.807) is 18.2 Å². The molecule has 0 aliphatic heterocycles. The number of benzene rings is 1. The van der Waals surface area contributed by atoms with E-state index in [0.29, 0.717) is 5.56 Å². The molecule has 1 N–H and O–H groups in total. The van der Waals surface area contributed by atoms with E-state index in [4.69, 9.17) is 11.6 Å². The Morgan fingerprint density at radius 3 is 2.53 bits per heavy atom. The smallest absolute Gasteiger partial charge is 0.172 e. The van der Waals surface area contributed by atoms with E-state index >= 15 is 0 Å². The van der Waals surface area contributed by atoms with Crippen molar-refractivity contribution in [2.75, 3.05) is 5.75 Å². The molecule has 0 heterocycles. The molecule has 96 valence electrons. The number of halogens is 1. The minimum absolute atomic E-state index is 0.101. The predicted octanol–water partition coefficient (Wildman–Crippen LogP) is 2.42. The summed E-state index contributed by atoms with van der Waals surface area (Å²) in [6.45, 7) is 4.72. The first-order chi connectivity index (χ1) is 7.72. The molecular weight excluding hydrogens is 260 g/mol. The van der Waals surface area contributed by atoms with E-state index in [0.717, 1.165) is 5.56 Å². The first kappa shape index (κ1) is 14.5. The molecule has 0 aromatic heterocycles. The highest BCUT2D eigenvalue weighted by atomic mass is 35.5.